The number of hydrogen-bond donors (Lipinski definition) is 1. The smallest absolute Gasteiger partial charge is 0.341 e. The number of carbonyl (C=O) groups excluding carboxylic acids is 1. The van der Waals surface area contributed by atoms with Crippen LogP contribution in [-0.2, 0) is 30.7 Å². The number of aromatic nitrogens is 3. The van der Waals surface area contributed by atoms with Crippen LogP contribution in [-0.4, -0.2) is 42.4 Å². The normalized spacial score (nSPS) is 13.5. The number of amides is 1. The number of rotatable bonds is 4. The van der Waals surface area contributed by atoms with Gasteiger partial charge in [-0.2, -0.15) is 0 Å². The Morgan fingerprint density at radius 1 is 1.25 bits per heavy atom. The Kier molecular flexibility index (Phi) is 4.46. The first-order valence-corrected chi connectivity index (χ1v) is 9.10. The Labute approximate surface area is 160 Å². The Morgan fingerprint density at radius 3 is 2.79 bits per heavy atom. The second-order valence-corrected chi connectivity index (χ2v) is 6.95. The molecule has 3 aromatic rings. The van der Waals surface area contributed by atoms with E-state index in [9.17, 15) is 19.5 Å². The standard InChI is InChI=1S/C20H20N4O4/c1-13(25)22-9-6-16-14(10-22)11-24(19(26)18(16)20(27)28)8-5-15-12-23-7-3-2-4-17(23)21-15/h2-4,7,11-12H,5-6,8-10H2,1H3,(H,27,28). The Morgan fingerprint density at radius 2 is 2.07 bits per heavy atom. The van der Waals surface area contributed by atoms with Gasteiger partial charge in [-0.1, -0.05) is 6.07 Å². The average molecular weight is 380 g/mol. The van der Waals surface area contributed by atoms with Crippen molar-refractivity contribution in [2.24, 2.45) is 0 Å². The minimum absolute atomic E-state index is 0.0648. The number of carboxylic acid groups (broad SMARTS) is 1. The van der Waals surface area contributed by atoms with Gasteiger partial charge in [0, 0.05) is 51.6 Å². The number of pyridine rings is 2. The lowest BCUT2D eigenvalue weighted by atomic mass is 9.96. The molecule has 8 nitrogen and oxygen atoms in total. The number of aromatic carboxylic acids is 1. The van der Waals surface area contributed by atoms with Gasteiger partial charge in [-0.25, -0.2) is 9.78 Å². The molecule has 0 bridgehead atoms. The van der Waals surface area contributed by atoms with Gasteiger partial charge in [-0.3, -0.25) is 9.59 Å². The second kappa shape index (κ2) is 6.95. The first-order chi connectivity index (χ1) is 13.4. The summed E-state index contributed by atoms with van der Waals surface area (Å²) in [5.41, 5.74) is 2.20. The Balaban J connectivity index is 1.67. The summed E-state index contributed by atoms with van der Waals surface area (Å²) in [5.74, 6) is -1.29. The third-order valence-corrected chi connectivity index (χ3v) is 5.15. The highest BCUT2D eigenvalue weighted by atomic mass is 16.4. The fraction of sp³-hybridized carbons (Fsp3) is 0.300. The van der Waals surface area contributed by atoms with E-state index in [1.165, 1.54) is 11.5 Å². The summed E-state index contributed by atoms with van der Waals surface area (Å²) in [4.78, 5) is 42.4. The summed E-state index contributed by atoms with van der Waals surface area (Å²) in [6.45, 7) is 2.55. The topological polar surface area (TPSA) is 96.9 Å². The molecule has 1 N–H and O–H groups in total. The van der Waals surface area contributed by atoms with Gasteiger partial charge in [0.15, 0.2) is 0 Å². The maximum Gasteiger partial charge on any atom is 0.341 e. The van der Waals surface area contributed by atoms with Crippen LogP contribution in [0.2, 0.25) is 0 Å². The van der Waals surface area contributed by atoms with Gasteiger partial charge in [0.05, 0.1) is 5.69 Å². The highest BCUT2D eigenvalue weighted by Gasteiger charge is 2.26. The van der Waals surface area contributed by atoms with Crippen molar-refractivity contribution in [3.05, 3.63) is 69.5 Å². The van der Waals surface area contributed by atoms with E-state index in [2.05, 4.69) is 4.98 Å². The van der Waals surface area contributed by atoms with Gasteiger partial charge < -0.3 is 19.0 Å². The van der Waals surface area contributed by atoms with Crippen LogP contribution < -0.4 is 5.56 Å². The molecule has 144 valence electrons. The molecule has 28 heavy (non-hydrogen) atoms. The number of nitrogens with zero attached hydrogens (tertiary/aromatic N) is 4. The van der Waals surface area contributed by atoms with Crippen molar-refractivity contribution < 1.29 is 14.7 Å². The number of hydrogen-bond acceptors (Lipinski definition) is 4. The molecule has 1 aliphatic heterocycles. The van der Waals surface area contributed by atoms with Gasteiger partial charge in [0.1, 0.15) is 11.2 Å². The summed E-state index contributed by atoms with van der Waals surface area (Å²) >= 11 is 0. The molecule has 1 amide bonds. The Hall–Kier alpha value is -3.42. The summed E-state index contributed by atoms with van der Waals surface area (Å²) in [6, 6.07) is 5.71. The van der Waals surface area contributed by atoms with E-state index in [0.29, 0.717) is 43.6 Å². The molecule has 0 saturated carbocycles. The molecule has 0 fully saturated rings. The molecule has 1 aliphatic rings. The first kappa shape index (κ1) is 18.0. The summed E-state index contributed by atoms with van der Waals surface area (Å²) < 4.78 is 3.33. The summed E-state index contributed by atoms with van der Waals surface area (Å²) in [6.07, 6.45) is 6.36. The van der Waals surface area contributed by atoms with Crippen LogP contribution in [0.25, 0.3) is 5.65 Å². The number of carbonyl (C=O) groups is 2. The predicted octanol–water partition coefficient (Wildman–Crippen LogP) is 1.34. The first-order valence-electron chi connectivity index (χ1n) is 9.10. The van der Waals surface area contributed by atoms with Crippen LogP contribution in [0.3, 0.4) is 0 Å². The molecule has 4 heterocycles. The van der Waals surface area contributed by atoms with Crippen molar-refractivity contribution in [1.29, 1.82) is 0 Å². The Bertz CT molecular complexity index is 1110. The van der Waals surface area contributed by atoms with E-state index in [1.807, 2.05) is 35.0 Å². The van der Waals surface area contributed by atoms with Gasteiger partial charge in [0.2, 0.25) is 5.91 Å². The molecule has 4 rings (SSSR count). The van der Waals surface area contributed by atoms with E-state index in [-0.39, 0.29) is 11.5 Å². The molecule has 0 spiro atoms. The van der Waals surface area contributed by atoms with E-state index >= 15 is 0 Å². The molecule has 3 aromatic heterocycles. The van der Waals surface area contributed by atoms with E-state index in [4.69, 9.17) is 0 Å². The molecule has 0 atom stereocenters. The van der Waals surface area contributed by atoms with Crippen LogP contribution >= 0.6 is 0 Å². The SMILES string of the molecule is CC(=O)N1CCc2c(cn(CCc3cn4ccccc4n3)c(=O)c2C(=O)O)C1. The third kappa shape index (κ3) is 3.17. The number of carboxylic acids is 1. The highest BCUT2D eigenvalue weighted by Crippen LogP contribution is 2.21. The summed E-state index contributed by atoms with van der Waals surface area (Å²) in [5, 5.41) is 9.59. The fourth-order valence-corrected chi connectivity index (χ4v) is 3.71. The van der Waals surface area contributed by atoms with Crippen LogP contribution in [0.1, 0.15) is 34.1 Å². The van der Waals surface area contributed by atoms with Gasteiger partial charge in [-0.15, -0.1) is 0 Å². The van der Waals surface area contributed by atoms with Crippen molar-refractivity contribution in [1.82, 2.24) is 18.9 Å². The number of fused-ring (bicyclic) bond motifs is 2. The second-order valence-electron chi connectivity index (χ2n) is 6.95. The quantitative estimate of drug-likeness (QED) is 0.737. The minimum atomic E-state index is -1.22. The molecule has 8 heteroatoms. The monoisotopic (exact) mass is 380 g/mol. The molecule has 0 saturated heterocycles. The molecule has 0 aliphatic carbocycles. The van der Waals surface area contributed by atoms with Gasteiger partial charge in [0.25, 0.3) is 5.56 Å². The fourth-order valence-electron chi connectivity index (χ4n) is 3.71. The van der Waals surface area contributed by atoms with Crippen molar-refractivity contribution in [3.8, 4) is 0 Å². The predicted molar refractivity (Wildman–Crippen MR) is 101 cm³/mol. The minimum Gasteiger partial charge on any atom is -0.477 e. The largest absolute Gasteiger partial charge is 0.477 e. The van der Waals surface area contributed by atoms with E-state index in [1.54, 1.807) is 11.1 Å². The van der Waals surface area contributed by atoms with E-state index < -0.39 is 11.5 Å². The molecule has 0 radical (unpaired) electrons. The van der Waals surface area contributed by atoms with Crippen LogP contribution in [0, 0.1) is 0 Å². The maximum absolute atomic E-state index is 12.8. The van der Waals surface area contributed by atoms with E-state index in [0.717, 1.165) is 11.3 Å². The van der Waals surface area contributed by atoms with Crippen molar-refractivity contribution in [3.63, 3.8) is 0 Å². The van der Waals surface area contributed by atoms with Gasteiger partial charge in [-0.05, 0) is 29.7 Å². The van der Waals surface area contributed by atoms with Crippen molar-refractivity contribution in [2.75, 3.05) is 6.54 Å². The lowest BCUT2D eigenvalue weighted by molar-refractivity contribution is -0.129. The number of imidazole rings is 1. The van der Waals surface area contributed by atoms with Crippen molar-refractivity contribution in [2.45, 2.75) is 32.9 Å². The molecular weight excluding hydrogens is 360 g/mol. The zero-order valence-corrected chi connectivity index (χ0v) is 15.5. The van der Waals surface area contributed by atoms with Crippen LogP contribution in [0.5, 0.6) is 0 Å². The maximum atomic E-state index is 12.8. The van der Waals surface area contributed by atoms with Crippen LogP contribution in [0.4, 0.5) is 0 Å². The number of aryl methyl sites for hydroxylation is 2. The third-order valence-electron chi connectivity index (χ3n) is 5.15. The van der Waals surface area contributed by atoms with Crippen LogP contribution in [0.15, 0.2) is 41.6 Å². The zero-order valence-electron chi connectivity index (χ0n) is 15.5. The molecular formula is C20H20N4O4. The molecule has 0 aromatic carbocycles. The zero-order chi connectivity index (χ0) is 19.8. The van der Waals surface area contributed by atoms with Gasteiger partial charge >= 0.3 is 5.97 Å². The summed E-state index contributed by atoms with van der Waals surface area (Å²) in [7, 11) is 0. The van der Waals surface area contributed by atoms with Crippen molar-refractivity contribution >= 4 is 17.5 Å². The molecule has 0 unspecified atom stereocenters. The lowest BCUT2D eigenvalue weighted by Crippen LogP contribution is -2.38. The average Bonchev–Trinajstić information content (AvgIpc) is 3.08. The highest BCUT2D eigenvalue weighted by molar-refractivity contribution is 5.89. The lowest BCUT2D eigenvalue weighted by Gasteiger charge is -2.29.